The van der Waals surface area contributed by atoms with Gasteiger partial charge in [-0.3, -0.25) is 0 Å². The summed E-state index contributed by atoms with van der Waals surface area (Å²) >= 11 is 0. The Labute approximate surface area is 170 Å². The summed E-state index contributed by atoms with van der Waals surface area (Å²) in [5.41, 5.74) is -3.49. The molecule has 0 bridgehead atoms. The molecule has 0 saturated heterocycles. The van der Waals surface area contributed by atoms with Gasteiger partial charge < -0.3 is 15.7 Å². The van der Waals surface area contributed by atoms with Gasteiger partial charge in [-0.1, -0.05) is 0 Å². The monoisotopic (exact) mass is 467 g/mol. The normalized spacial score (nSPS) is 21.7. The molecule has 6 nitrogen and oxygen atoms in total. The lowest BCUT2D eigenvalue weighted by Crippen LogP contribution is -2.44. The summed E-state index contributed by atoms with van der Waals surface area (Å²) in [5.74, 6) is -2.09. The van der Waals surface area contributed by atoms with Crippen molar-refractivity contribution in [3.8, 4) is 0 Å². The minimum atomic E-state index is -5.04. The lowest BCUT2D eigenvalue weighted by Gasteiger charge is -2.31. The second-order valence-corrected chi connectivity index (χ2v) is 6.73. The molecule has 0 aliphatic heterocycles. The summed E-state index contributed by atoms with van der Waals surface area (Å²) in [4.78, 5) is 10.8. The van der Waals surface area contributed by atoms with Gasteiger partial charge in [0.15, 0.2) is 11.4 Å². The van der Waals surface area contributed by atoms with Crippen molar-refractivity contribution in [2.24, 2.45) is 0 Å². The van der Waals surface area contributed by atoms with Crippen molar-refractivity contribution in [1.29, 1.82) is 0 Å². The number of allylic oxidation sites excluding steroid dienone is 1. The summed E-state index contributed by atoms with van der Waals surface area (Å²) in [5, 5.41) is 13.7. The number of hydrogen-bond acceptors (Lipinski definition) is 6. The summed E-state index contributed by atoms with van der Waals surface area (Å²) in [7, 11) is 0. The Kier molecular flexibility index (Phi) is 7.94. The number of aliphatic hydroxyl groups is 1. The molecule has 3 atom stereocenters. The highest BCUT2D eigenvalue weighted by Gasteiger charge is 2.53. The Morgan fingerprint density at radius 1 is 0.935 bits per heavy atom. The number of rotatable bonds is 9. The first-order valence-electron chi connectivity index (χ1n) is 8.88. The maximum atomic E-state index is 13.2. The van der Waals surface area contributed by atoms with Gasteiger partial charge in [-0.2, -0.15) is 28.1 Å². The third-order valence-corrected chi connectivity index (χ3v) is 4.40. The smallest absolute Gasteiger partial charge is 0.377 e. The zero-order chi connectivity index (χ0) is 23.4. The Balaban J connectivity index is 2.50. The molecule has 0 saturated carbocycles. The lowest BCUT2D eigenvalue weighted by atomic mass is 9.86. The van der Waals surface area contributed by atoms with Gasteiger partial charge in [0.05, 0.1) is 0 Å². The van der Waals surface area contributed by atoms with Crippen molar-refractivity contribution >= 4 is 17.5 Å². The van der Waals surface area contributed by atoms with E-state index in [1.54, 1.807) is 0 Å². The predicted molar refractivity (Wildman–Crippen MR) is 91.4 cm³/mol. The van der Waals surface area contributed by atoms with Crippen LogP contribution >= 0.6 is 0 Å². The van der Waals surface area contributed by atoms with Crippen molar-refractivity contribution in [2.45, 2.75) is 56.0 Å². The number of anilines is 2. The fourth-order valence-electron chi connectivity index (χ4n) is 2.70. The zero-order valence-electron chi connectivity index (χ0n) is 15.6. The van der Waals surface area contributed by atoms with E-state index in [1.165, 1.54) is 0 Å². The molecule has 1 aliphatic carbocycles. The van der Waals surface area contributed by atoms with E-state index < -0.39 is 74.2 Å². The van der Waals surface area contributed by atoms with Crippen LogP contribution in [0.2, 0.25) is 0 Å². The van der Waals surface area contributed by atoms with E-state index in [1.807, 2.05) is 10.6 Å². The number of nitrogens with zero attached hydrogens (tertiary/aromatic N) is 3. The number of nitrogens with one attached hydrogen (secondary N) is 2. The molecule has 0 amide bonds. The molecule has 2 rings (SSSR count). The maximum Gasteiger partial charge on any atom is 0.420 e. The Morgan fingerprint density at radius 2 is 1.42 bits per heavy atom. The first kappa shape index (κ1) is 24.9. The van der Waals surface area contributed by atoms with Gasteiger partial charge in [-0.25, -0.2) is 26.3 Å². The van der Waals surface area contributed by atoms with Crippen molar-refractivity contribution in [3.05, 3.63) is 11.9 Å². The van der Waals surface area contributed by atoms with Crippen LogP contribution < -0.4 is 10.6 Å². The predicted octanol–water partition coefficient (Wildman–Crippen LogP) is 3.76. The highest BCUT2D eigenvalue weighted by molar-refractivity contribution is 5.64. The van der Waals surface area contributed by atoms with E-state index in [-0.39, 0.29) is 18.4 Å². The number of alkyl halides is 9. The number of halogens is 9. The van der Waals surface area contributed by atoms with E-state index in [0.29, 0.717) is 6.08 Å². The largest absolute Gasteiger partial charge is 0.420 e. The molecular formula is C16H18F9N5O. The fraction of sp³-hybridized carbons (Fsp3) is 0.688. The molecule has 3 N–H and O–H groups in total. The average Bonchev–Trinajstić information content (AvgIpc) is 2.68. The second kappa shape index (κ2) is 9.87. The number of aromatic nitrogens is 3. The van der Waals surface area contributed by atoms with Gasteiger partial charge in [0.2, 0.25) is 11.9 Å². The van der Waals surface area contributed by atoms with Gasteiger partial charge in [0.1, 0.15) is 25.4 Å². The first-order chi connectivity index (χ1) is 14.4. The van der Waals surface area contributed by atoms with Gasteiger partial charge in [0.25, 0.3) is 12.9 Å². The van der Waals surface area contributed by atoms with E-state index in [4.69, 9.17) is 0 Å². The molecule has 0 radical (unpaired) electrons. The van der Waals surface area contributed by atoms with Crippen LogP contribution in [0.25, 0.3) is 5.57 Å². The van der Waals surface area contributed by atoms with Gasteiger partial charge in [0, 0.05) is 0 Å². The first-order valence-corrected chi connectivity index (χ1v) is 8.88. The molecule has 15 heteroatoms. The molecule has 0 spiro atoms. The summed E-state index contributed by atoms with van der Waals surface area (Å²) in [6, 6.07) is -4.22. The van der Waals surface area contributed by atoms with Crippen LogP contribution in [-0.4, -0.2) is 70.1 Å². The average molecular weight is 467 g/mol. The van der Waals surface area contributed by atoms with Crippen LogP contribution in [0.3, 0.4) is 0 Å². The van der Waals surface area contributed by atoms with Gasteiger partial charge >= 0.3 is 6.18 Å². The zero-order valence-corrected chi connectivity index (χ0v) is 15.6. The molecular weight excluding hydrogens is 449 g/mol. The van der Waals surface area contributed by atoms with Crippen LogP contribution in [0.5, 0.6) is 0 Å². The Hall–Kier alpha value is -2.32. The quantitative estimate of drug-likeness (QED) is 0.480. The van der Waals surface area contributed by atoms with Gasteiger partial charge in [-0.15, -0.1) is 0 Å². The standard InChI is InChI=1S/C16H18F9N5O/c17-5-8(10(19)20)26-13-28-12(29-14(30-13)27-9(6-18)11(21)22)7-2-1-3-15(31,4-7)16(23,24)25/h4,8-11,31H,1-3,5-6H2,(H2,26,27,28,29,30). The summed E-state index contributed by atoms with van der Waals surface area (Å²) in [6.07, 6.45) is -12.0. The molecule has 31 heavy (non-hydrogen) atoms. The summed E-state index contributed by atoms with van der Waals surface area (Å²) in [6.45, 7) is -3.16. The highest BCUT2D eigenvalue weighted by Crippen LogP contribution is 2.41. The Bertz CT molecular complexity index is 740. The van der Waals surface area contributed by atoms with Crippen molar-refractivity contribution in [3.63, 3.8) is 0 Å². The molecule has 1 aliphatic rings. The third-order valence-electron chi connectivity index (χ3n) is 4.40. The van der Waals surface area contributed by atoms with Crippen molar-refractivity contribution < 1.29 is 44.6 Å². The van der Waals surface area contributed by atoms with E-state index in [9.17, 15) is 44.6 Å². The maximum absolute atomic E-state index is 13.2. The molecule has 1 heterocycles. The van der Waals surface area contributed by atoms with Crippen molar-refractivity contribution in [2.75, 3.05) is 24.0 Å². The molecule has 0 fully saturated rings. The molecule has 0 aromatic carbocycles. The second-order valence-electron chi connectivity index (χ2n) is 6.73. The fourth-order valence-corrected chi connectivity index (χ4v) is 2.70. The topological polar surface area (TPSA) is 83.0 Å². The summed E-state index contributed by atoms with van der Waals surface area (Å²) < 4.78 is 116. The molecule has 176 valence electrons. The molecule has 1 aromatic heterocycles. The molecule has 3 unspecified atom stereocenters. The third kappa shape index (κ3) is 6.11. The van der Waals surface area contributed by atoms with E-state index in [2.05, 4.69) is 15.0 Å². The number of hydrogen-bond donors (Lipinski definition) is 3. The lowest BCUT2D eigenvalue weighted by molar-refractivity contribution is -0.242. The van der Waals surface area contributed by atoms with Crippen molar-refractivity contribution in [1.82, 2.24) is 15.0 Å². The van der Waals surface area contributed by atoms with Crippen LogP contribution in [0, 0.1) is 0 Å². The molecule has 1 aromatic rings. The minimum Gasteiger partial charge on any atom is -0.377 e. The van der Waals surface area contributed by atoms with Crippen LogP contribution in [0.15, 0.2) is 6.08 Å². The van der Waals surface area contributed by atoms with Crippen LogP contribution in [-0.2, 0) is 0 Å². The van der Waals surface area contributed by atoms with E-state index in [0.717, 1.165) is 0 Å². The van der Waals surface area contributed by atoms with E-state index >= 15 is 0 Å². The van der Waals surface area contributed by atoms with Crippen LogP contribution in [0.4, 0.5) is 51.4 Å². The SMILES string of the molecule is OC1(C(F)(F)F)C=C(c2nc(NC(CF)C(F)F)nc(NC(CF)C(F)F)n2)CCC1. The highest BCUT2D eigenvalue weighted by atomic mass is 19.4. The minimum absolute atomic E-state index is 0.0793. The van der Waals surface area contributed by atoms with Crippen LogP contribution in [0.1, 0.15) is 25.1 Å². The Morgan fingerprint density at radius 3 is 1.81 bits per heavy atom. The van der Waals surface area contributed by atoms with Gasteiger partial charge in [-0.05, 0) is 30.9 Å².